The first-order valence-corrected chi connectivity index (χ1v) is 6.94. The van der Waals surface area contributed by atoms with E-state index in [1.165, 1.54) is 0 Å². The standard InChI is InChI=1S/C17H18N4/c1-12-8-9-15(13(2)20-12)21-11-19-10-16(21)17(18)14-6-4-3-5-7-14/h3-11,17H,18H2,1-2H3. The smallest absolute Gasteiger partial charge is 0.0995 e. The lowest BCUT2D eigenvalue weighted by Gasteiger charge is -2.16. The average molecular weight is 278 g/mol. The molecule has 4 nitrogen and oxygen atoms in total. The van der Waals surface area contributed by atoms with Gasteiger partial charge in [-0.2, -0.15) is 0 Å². The molecule has 3 aromatic rings. The first-order chi connectivity index (χ1) is 10.2. The third kappa shape index (κ3) is 2.58. The molecule has 0 aliphatic rings. The normalized spacial score (nSPS) is 12.3. The molecule has 0 fully saturated rings. The molecular weight excluding hydrogens is 260 g/mol. The van der Waals surface area contributed by atoms with E-state index in [-0.39, 0.29) is 6.04 Å². The summed E-state index contributed by atoms with van der Waals surface area (Å²) in [6, 6.07) is 13.9. The molecule has 2 heterocycles. The van der Waals surface area contributed by atoms with Crippen molar-refractivity contribution in [1.29, 1.82) is 0 Å². The van der Waals surface area contributed by atoms with Gasteiger partial charge < -0.3 is 5.73 Å². The van der Waals surface area contributed by atoms with Gasteiger partial charge in [0, 0.05) is 5.69 Å². The van der Waals surface area contributed by atoms with Crippen LogP contribution in [-0.2, 0) is 0 Å². The van der Waals surface area contributed by atoms with Gasteiger partial charge in [0.15, 0.2) is 0 Å². The van der Waals surface area contributed by atoms with Crippen LogP contribution in [0, 0.1) is 13.8 Å². The minimum Gasteiger partial charge on any atom is -0.319 e. The lowest BCUT2D eigenvalue weighted by molar-refractivity contribution is 0.788. The van der Waals surface area contributed by atoms with E-state index in [9.17, 15) is 0 Å². The Labute approximate surface area is 124 Å². The highest BCUT2D eigenvalue weighted by Crippen LogP contribution is 2.23. The highest BCUT2D eigenvalue weighted by molar-refractivity contribution is 5.40. The van der Waals surface area contributed by atoms with Gasteiger partial charge in [0.05, 0.1) is 35.6 Å². The van der Waals surface area contributed by atoms with E-state index in [1.807, 2.05) is 61.0 Å². The summed E-state index contributed by atoms with van der Waals surface area (Å²) in [4.78, 5) is 8.78. The van der Waals surface area contributed by atoms with Crippen molar-refractivity contribution in [1.82, 2.24) is 14.5 Å². The minimum absolute atomic E-state index is 0.214. The molecule has 0 saturated heterocycles. The summed E-state index contributed by atoms with van der Waals surface area (Å²) in [6.45, 7) is 3.99. The number of rotatable bonds is 3. The predicted molar refractivity (Wildman–Crippen MR) is 83.3 cm³/mol. The Morgan fingerprint density at radius 3 is 2.52 bits per heavy atom. The molecule has 0 aliphatic heterocycles. The van der Waals surface area contributed by atoms with E-state index in [0.29, 0.717) is 0 Å². The van der Waals surface area contributed by atoms with Crippen molar-refractivity contribution in [2.75, 3.05) is 0 Å². The number of hydrogen-bond donors (Lipinski definition) is 1. The zero-order valence-electron chi connectivity index (χ0n) is 12.2. The van der Waals surface area contributed by atoms with Crippen molar-refractivity contribution in [3.8, 4) is 5.69 Å². The maximum absolute atomic E-state index is 6.40. The second-order valence-corrected chi connectivity index (χ2v) is 5.13. The Morgan fingerprint density at radius 2 is 1.81 bits per heavy atom. The largest absolute Gasteiger partial charge is 0.319 e. The zero-order valence-corrected chi connectivity index (χ0v) is 12.2. The number of imidazole rings is 1. The van der Waals surface area contributed by atoms with E-state index in [2.05, 4.69) is 16.0 Å². The van der Waals surface area contributed by atoms with Gasteiger partial charge >= 0.3 is 0 Å². The van der Waals surface area contributed by atoms with Gasteiger partial charge in [-0.3, -0.25) is 9.55 Å². The van der Waals surface area contributed by atoms with Crippen LogP contribution in [0.5, 0.6) is 0 Å². The molecule has 106 valence electrons. The van der Waals surface area contributed by atoms with Crippen LogP contribution in [0.25, 0.3) is 5.69 Å². The number of nitrogens with two attached hydrogens (primary N) is 1. The SMILES string of the molecule is Cc1ccc(-n2cncc2C(N)c2ccccc2)c(C)n1. The van der Waals surface area contributed by atoms with Crippen LogP contribution in [0.2, 0.25) is 0 Å². The van der Waals surface area contributed by atoms with E-state index < -0.39 is 0 Å². The first-order valence-electron chi connectivity index (χ1n) is 6.94. The molecule has 1 atom stereocenters. The number of benzene rings is 1. The fraction of sp³-hybridized carbons (Fsp3) is 0.176. The highest BCUT2D eigenvalue weighted by atomic mass is 15.1. The highest BCUT2D eigenvalue weighted by Gasteiger charge is 2.15. The van der Waals surface area contributed by atoms with Gasteiger partial charge in [-0.25, -0.2) is 4.98 Å². The Hall–Kier alpha value is -2.46. The third-order valence-corrected chi connectivity index (χ3v) is 3.60. The van der Waals surface area contributed by atoms with Gasteiger partial charge in [-0.15, -0.1) is 0 Å². The predicted octanol–water partition coefficient (Wildman–Crippen LogP) is 2.93. The van der Waals surface area contributed by atoms with E-state index >= 15 is 0 Å². The molecule has 21 heavy (non-hydrogen) atoms. The molecule has 0 spiro atoms. The summed E-state index contributed by atoms with van der Waals surface area (Å²) < 4.78 is 2.01. The number of nitrogens with zero attached hydrogens (tertiary/aromatic N) is 3. The number of hydrogen-bond acceptors (Lipinski definition) is 3. The summed E-state index contributed by atoms with van der Waals surface area (Å²) in [5.74, 6) is 0. The third-order valence-electron chi connectivity index (χ3n) is 3.60. The van der Waals surface area contributed by atoms with Crippen molar-refractivity contribution >= 4 is 0 Å². The van der Waals surface area contributed by atoms with Gasteiger partial charge in [0.1, 0.15) is 0 Å². The van der Waals surface area contributed by atoms with E-state index in [4.69, 9.17) is 5.73 Å². The van der Waals surface area contributed by atoms with E-state index in [1.54, 1.807) is 6.33 Å². The van der Waals surface area contributed by atoms with Gasteiger partial charge in [0.2, 0.25) is 0 Å². The fourth-order valence-corrected chi connectivity index (χ4v) is 2.50. The summed E-state index contributed by atoms with van der Waals surface area (Å²) in [6.07, 6.45) is 3.61. The molecule has 0 aliphatic carbocycles. The number of aryl methyl sites for hydroxylation is 2. The Morgan fingerprint density at radius 1 is 1.05 bits per heavy atom. The zero-order chi connectivity index (χ0) is 14.8. The number of pyridine rings is 1. The molecule has 0 saturated carbocycles. The number of aromatic nitrogens is 3. The van der Waals surface area contributed by atoms with Gasteiger partial charge in [-0.05, 0) is 31.5 Å². The van der Waals surface area contributed by atoms with Crippen LogP contribution in [0.3, 0.4) is 0 Å². The summed E-state index contributed by atoms with van der Waals surface area (Å²) in [7, 11) is 0. The molecule has 4 heteroatoms. The maximum atomic E-state index is 6.40. The molecule has 1 unspecified atom stereocenters. The molecule has 2 N–H and O–H groups in total. The Kier molecular flexibility index (Phi) is 3.54. The van der Waals surface area contributed by atoms with Crippen molar-refractivity contribution in [2.45, 2.75) is 19.9 Å². The Bertz CT molecular complexity index is 746. The topological polar surface area (TPSA) is 56.7 Å². The van der Waals surface area contributed by atoms with Crippen LogP contribution in [0.4, 0.5) is 0 Å². The summed E-state index contributed by atoms with van der Waals surface area (Å²) in [5.41, 5.74) is 11.4. The van der Waals surface area contributed by atoms with Gasteiger partial charge in [-0.1, -0.05) is 30.3 Å². The molecule has 0 bridgehead atoms. The van der Waals surface area contributed by atoms with Crippen molar-refractivity contribution in [3.63, 3.8) is 0 Å². The van der Waals surface area contributed by atoms with Crippen LogP contribution in [0.1, 0.15) is 28.7 Å². The molecule has 0 radical (unpaired) electrons. The Balaban J connectivity index is 2.05. The monoisotopic (exact) mass is 278 g/mol. The van der Waals surface area contributed by atoms with Gasteiger partial charge in [0.25, 0.3) is 0 Å². The van der Waals surface area contributed by atoms with Crippen LogP contribution in [-0.4, -0.2) is 14.5 Å². The fourth-order valence-electron chi connectivity index (χ4n) is 2.50. The molecular formula is C17H18N4. The van der Waals surface area contributed by atoms with Crippen molar-refractivity contribution in [2.24, 2.45) is 5.73 Å². The quantitative estimate of drug-likeness (QED) is 0.801. The minimum atomic E-state index is -0.214. The van der Waals surface area contributed by atoms with Crippen LogP contribution < -0.4 is 5.73 Å². The molecule has 0 amide bonds. The summed E-state index contributed by atoms with van der Waals surface area (Å²) in [5, 5.41) is 0. The van der Waals surface area contributed by atoms with Crippen molar-refractivity contribution in [3.05, 3.63) is 77.6 Å². The molecule has 3 rings (SSSR count). The second-order valence-electron chi connectivity index (χ2n) is 5.13. The summed E-state index contributed by atoms with van der Waals surface area (Å²) >= 11 is 0. The van der Waals surface area contributed by atoms with Crippen LogP contribution in [0.15, 0.2) is 55.0 Å². The molecule has 1 aromatic carbocycles. The average Bonchev–Trinajstić information content (AvgIpc) is 2.96. The first kappa shape index (κ1) is 13.5. The van der Waals surface area contributed by atoms with E-state index in [0.717, 1.165) is 28.3 Å². The molecule has 2 aromatic heterocycles. The maximum Gasteiger partial charge on any atom is 0.0995 e. The lowest BCUT2D eigenvalue weighted by atomic mass is 10.1. The van der Waals surface area contributed by atoms with Crippen LogP contribution >= 0.6 is 0 Å². The van der Waals surface area contributed by atoms with Crippen molar-refractivity contribution < 1.29 is 0 Å². The second kappa shape index (κ2) is 5.50. The lowest BCUT2D eigenvalue weighted by Crippen LogP contribution is -2.16.